The Morgan fingerprint density at radius 2 is 1.94 bits per heavy atom. The van der Waals surface area contributed by atoms with Gasteiger partial charge in [-0.2, -0.15) is 0 Å². The second kappa shape index (κ2) is 5.21. The summed E-state index contributed by atoms with van der Waals surface area (Å²) in [5, 5.41) is 2.68. The van der Waals surface area contributed by atoms with Gasteiger partial charge < -0.3 is 10.2 Å². The zero-order chi connectivity index (χ0) is 13.1. The van der Waals surface area contributed by atoms with Gasteiger partial charge in [-0.05, 0) is 31.0 Å². The monoisotopic (exact) mass is 246 g/mol. The van der Waals surface area contributed by atoms with Crippen LogP contribution in [0.4, 0.5) is 5.69 Å². The minimum absolute atomic E-state index is 0.0508. The lowest BCUT2D eigenvalue weighted by molar-refractivity contribution is -0.125. The van der Waals surface area contributed by atoms with Crippen molar-refractivity contribution in [3.63, 3.8) is 0 Å². The van der Waals surface area contributed by atoms with Crippen LogP contribution in [0.15, 0.2) is 24.3 Å². The minimum Gasteiger partial charge on any atom is -0.345 e. The average molecular weight is 246 g/mol. The predicted molar refractivity (Wildman–Crippen MR) is 70.4 cm³/mol. The first-order valence-electron chi connectivity index (χ1n) is 6.31. The van der Waals surface area contributed by atoms with Crippen molar-refractivity contribution in [1.29, 1.82) is 0 Å². The molecule has 1 aromatic rings. The SMILES string of the molecule is CCc1ccc(N2CCC(=O)NC(C)C2=O)cc1. The molecule has 4 heteroatoms. The number of nitrogens with one attached hydrogen (secondary N) is 1. The van der Waals surface area contributed by atoms with Crippen molar-refractivity contribution in [1.82, 2.24) is 5.32 Å². The van der Waals surface area contributed by atoms with Crippen molar-refractivity contribution in [3.8, 4) is 0 Å². The van der Waals surface area contributed by atoms with Crippen molar-refractivity contribution < 1.29 is 9.59 Å². The molecule has 96 valence electrons. The second-order valence-corrected chi connectivity index (χ2v) is 4.55. The molecular weight excluding hydrogens is 228 g/mol. The topological polar surface area (TPSA) is 49.4 Å². The van der Waals surface area contributed by atoms with Crippen LogP contribution in [0.1, 0.15) is 25.8 Å². The number of amides is 2. The molecule has 1 unspecified atom stereocenters. The lowest BCUT2D eigenvalue weighted by atomic mass is 10.1. The highest BCUT2D eigenvalue weighted by Crippen LogP contribution is 2.18. The molecule has 1 aliphatic heterocycles. The number of hydrogen-bond donors (Lipinski definition) is 1. The van der Waals surface area contributed by atoms with E-state index in [2.05, 4.69) is 12.2 Å². The first kappa shape index (κ1) is 12.6. The number of hydrogen-bond acceptors (Lipinski definition) is 2. The van der Waals surface area contributed by atoms with Crippen molar-refractivity contribution in [2.45, 2.75) is 32.7 Å². The summed E-state index contributed by atoms with van der Waals surface area (Å²) in [6.07, 6.45) is 1.33. The molecule has 0 bridgehead atoms. The molecule has 4 nitrogen and oxygen atoms in total. The van der Waals surface area contributed by atoms with Crippen LogP contribution in [0, 0.1) is 0 Å². The molecule has 2 rings (SSSR count). The van der Waals surface area contributed by atoms with Crippen LogP contribution in [0.3, 0.4) is 0 Å². The van der Waals surface area contributed by atoms with Gasteiger partial charge in [0.05, 0.1) is 0 Å². The standard InChI is InChI=1S/C14H18N2O2/c1-3-11-4-6-12(7-5-11)16-9-8-13(17)15-10(2)14(16)18/h4-7,10H,3,8-9H2,1-2H3,(H,15,17). The maximum absolute atomic E-state index is 12.2. The number of carbonyl (C=O) groups is 2. The van der Waals surface area contributed by atoms with Crippen molar-refractivity contribution >= 4 is 17.5 Å². The first-order chi connectivity index (χ1) is 8.61. The molecule has 0 aliphatic carbocycles. The highest BCUT2D eigenvalue weighted by atomic mass is 16.2. The number of aryl methyl sites for hydroxylation is 1. The third kappa shape index (κ3) is 2.53. The zero-order valence-corrected chi connectivity index (χ0v) is 10.8. The molecule has 0 radical (unpaired) electrons. The largest absolute Gasteiger partial charge is 0.345 e. The van der Waals surface area contributed by atoms with Crippen LogP contribution in [-0.2, 0) is 16.0 Å². The van der Waals surface area contributed by atoms with Gasteiger partial charge in [-0.3, -0.25) is 9.59 Å². The molecule has 0 saturated carbocycles. The number of carbonyl (C=O) groups excluding carboxylic acids is 2. The van der Waals surface area contributed by atoms with Crippen LogP contribution in [-0.4, -0.2) is 24.4 Å². The summed E-state index contributed by atoms with van der Waals surface area (Å²) in [4.78, 5) is 25.3. The Kier molecular flexibility index (Phi) is 3.65. The number of nitrogens with zero attached hydrogens (tertiary/aromatic N) is 1. The van der Waals surface area contributed by atoms with Gasteiger partial charge in [0.15, 0.2) is 0 Å². The normalized spacial score (nSPS) is 20.6. The van der Waals surface area contributed by atoms with E-state index in [0.717, 1.165) is 12.1 Å². The third-order valence-electron chi connectivity index (χ3n) is 3.23. The van der Waals surface area contributed by atoms with Gasteiger partial charge in [-0.1, -0.05) is 19.1 Å². The van der Waals surface area contributed by atoms with Crippen molar-refractivity contribution in [2.75, 3.05) is 11.4 Å². The third-order valence-corrected chi connectivity index (χ3v) is 3.23. The van der Waals surface area contributed by atoms with Gasteiger partial charge >= 0.3 is 0 Å². The molecule has 1 fully saturated rings. The Balaban J connectivity index is 2.24. The van der Waals surface area contributed by atoms with Gasteiger partial charge in [0, 0.05) is 18.7 Å². The molecule has 1 aliphatic rings. The van der Waals surface area contributed by atoms with Gasteiger partial charge in [0.1, 0.15) is 6.04 Å². The van der Waals surface area contributed by atoms with E-state index in [0.29, 0.717) is 13.0 Å². The Bertz CT molecular complexity index is 453. The molecule has 0 spiro atoms. The number of rotatable bonds is 2. The summed E-state index contributed by atoms with van der Waals surface area (Å²) in [5.74, 6) is -0.117. The summed E-state index contributed by atoms with van der Waals surface area (Å²) < 4.78 is 0. The minimum atomic E-state index is -0.453. The van der Waals surface area contributed by atoms with E-state index in [1.54, 1.807) is 11.8 Å². The Morgan fingerprint density at radius 3 is 2.56 bits per heavy atom. The molecule has 0 aromatic heterocycles. The van der Waals surface area contributed by atoms with E-state index < -0.39 is 6.04 Å². The van der Waals surface area contributed by atoms with E-state index in [1.807, 2.05) is 24.3 Å². The van der Waals surface area contributed by atoms with E-state index in [-0.39, 0.29) is 11.8 Å². The molecule has 1 saturated heterocycles. The van der Waals surface area contributed by atoms with Gasteiger partial charge in [-0.15, -0.1) is 0 Å². The molecule has 1 atom stereocenters. The number of benzene rings is 1. The van der Waals surface area contributed by atoms with Crippen LogP contribution in [0.5, 0.6) is 0 Å². The van der Waals surface area contributed by atoms with Crippen LogP contribution in [0.25, 0.3) is 0 Å². The quantitative estimate of drug-likeness (QED) is 0.859. The Labute approximate surface area is 107 Å². The predicted octanol–water partition coefficient (Wildman–Crippen LogP) is 1.49. The molecule has 18 heavy (non-hydrogen) atoms. The zero-order valence-electron chi connectivity index (χ0n) is 10.8. The highest BCUT2D eigenvalue weighted by Gasteiger charge is 2.27. The van der Waals surface area contributed by atoms with E-state index in [4.69, 9.17) is 0 Å². The second-order valence-electron chi connectivity index (χ2n) is 4.55. The molecule has 2 amide bonds. The smallest absolute Gasteiger partial charge is 0.249 e. The lowest BCUT2D eigenvalue weighted by Crippen LogP contribution is -2.42. The van der Waals surface area contributed by atoms with Crippen LogP contribution < -0.4 is 10.2 Å². The number of anilines is 1. The van der Waals surface area contributed by atoms with Gasteiger partial charge in [0.25, 0.3) is 0 Å². The maximum Gasteiger partial charge on any atom is 0.249 e. The lowest BCUT2D eigenvalue weighted by Gasteiger charge is -2.22. The van der Waals surface area contributed by atoms with Gasteiger partial charge in [-0.25, -0.2) is 0 Å². The summed E-state index contributed by atoms with van der Waals surface area (Å²) >= 11 is 0. The molecule has 1 N–H and O–H groups in total. The van der Waals surface area contributed by atoms with E-state index >= 15 is 0 Å². The summed E-state index contributed by atoms with van der Waals surface area (Å²) in [7, 11) is 0. The van der Waals surface area contributed by atoms with E-state index in [9.17, 15) is 9.59 Å². The van der Waals surface area contributed by atoms with Crippen LogP contribution in [0.2, 0.25) is 0 Å². The van der Waals surface area contributed by atoms with Crippen LogP contribution >= 0.6 is 0 Å². The fourth-order valence-corrected chi connectivity index (χ4v) is 2.10. The summed E-state index contributed by atoms with van der Waals surface area (Å²) in [5.41, 5.74) is 2.10. The van der Waals surface area contributed by atoms with Crippen molar-refractivity contribution in [2.24, 2.45) is 0 Å². The van der Waals surface area contributed by atoms with Crippen molar-refractivity contribution in [3.05, 3.63) is 29.8 Å². The maximum atomic E-state index is 12.2. The molecule has 1 heterocycles. The Morgan fingerprint density at radius 1 is 1.28 bits per heavy atom. The molecular formula is C14H18N2O2. The Hall–Kier alpha value is -1.84. The fourth-order valence-electron chi connectivity index (χ4n) is 2.10. The first-order valence-corrected chi connectivity index (χ1v) is 6.31. The average Bonchev–Trinajstić information content (AvgIpc) is 2.50. The summed E-state index contributed by atoms with van der Waals surface area (Å²) in [6, 6.07) is 7.48. The van der Waals surface area contributed by atoms with E-state index in [1.165, 1.54) is 5.56 Å². The summed E-state index contributed by atoms with van der Waals surface area (Å²) in [6.45, 7) is 4.26. The molecule has 1 aromatic carbocycles. The van der Waals surface area contributed by atoms with Gasteiger partial charge in [0.2, 0.25) is 11.8 Å². The highest BCUT2D eigenvalue weighted by molar-refractivity contribution is 6.00. The fraction of sp³-hybridized carbons (Fsp3) is 0.429.